The summed E-state index contributed by atoms with van der Waals surface area (Å²) < 4.78 is 5.84. The lowest BCUT2D eigenvalue weighted by molar-refractivity contribution is 0.0895. The Morgan fingerprint density at radius 3 is 2.85 bits per heavy atom. The number of carbonyl (C=O) groups excluding carboxylic acids is 1. The minimum Gasteiger partial charge on any atom is -0.493 e. The van der Waals surface area contributed by atoms with Gasteiger partial charge >= 0.3 is 0 Å². The number of benzene rings is 1. The van der Waals surface area contributed by atoms with Crippen molar-refractivity contribution in [2.45, 2.75) is 40.0 Å². The van der Waals surface area contributed by atoms with Crippen molar-refractivity contribution in [3.05, 3.63) is 28.8 Å². The van der Waals surface area contributed by atoms with Gasteiger partial charge < -0.3 is 10.1 Å². The molecular formula is C17H25NO2. The van der Waals surface area contributed by atoms with Crippen LogP contribution in [-0.4, -0.2) is 25.5 Å². The fourth-order valence-corrected chi connectivity index (χ4v) is 2.83. The average Bonchev–Trinajstić information content (AvgIpc) is 2.46. The molecule has 0 radical (unpaired) electrons. The highest BCUT2D eigenvalue weighted by molar-refractivity contribution is 6.01. The number of Topliss-reactive ketones (excluding diaryl/α,β-unsaturated/α-hetero) is 1. The van der Waals surface area contributed by atoms with Crippen LogP contribution >= 0.6 is 0 Å². The minimum atomic E-state index is 0.0916. The Morgan fingerprint density at radius 2 is 2.20 bits per heavy atom. The number of carbonyl (C=O) groups is 1. The van der Waals surface area contributed by atoms with Gasteiger partial charge in [0, 0.05) is 12.5 Å². The van der Waals surface area contributed by atoms with Gasteiger partial charge in [-0.3, -0.25) is 4.79 Å². The van der Waals surface area contributed by atoms with Gasteiger partial charge in [0.1, 0.15) is 5.75 Å². The van der Waals surface area contributed by atoms with E-state index in [0.29, 0.717) is 6.61 Å². The van der Waals surface area contributed by atoms with Crippen LogP contribution in [0.1, 0.15) is 47.7 Å². The molecule has 1 heterocycles. The number of hydrogen-bond acceptors (Lipinski definition) is 3. The van der Waals surface area contributed by atoms with Crippen LogP contribution in [0.2, 0.25) is 0 Å². The molecule has 0 aliphatic carbocycles. The first-order valence-corrected chi connectivity index (χ1v) is 7.62. The van der Waals surface area contributed by atoms with Crippen LogP contribution in [0.5, 0.6) is 5.75 Å². The van der Waals surface area contributed by atoms with Crippen molar-refractivity contribution in [2.75, 3.05) is 19.7 Å². The molecule has 3 heteroatoms. The van der Waals surface area contributed by atoms with Crippen molar-refractivity contribution in [2.24, 2.45) is 5.92 Å². The molecule has 1 aromatic carbocycles. The molecule has 2 rings (SSSR count). The van der Waals surface area contributed by atoms with E-state index >= 15 is 0 Å². The minimum absolute atomic E-state index is 0.0916. The summed E-state index contributed by atoms with van der Waals surface area (Å²) in [7, 11) is 0. The van der Waals surface area contributed by atoms with E-state index in [0.717, 1.165) is 54.8 Å². The summed E-state index contributed by atoms with van der Waals surface area (Å²) >= 11 is 0. The molecular weight excluding hydrogens is 250 g/mol. The van der Waals surface area contributed by atoms with Crippen molar-refractivity contribution in [1.29, 1.82) is 0 Å². The van der Waals surface area contributed by atoms with E-state index in [4.69, 9.17) is 4.74 Å². The third-order valence-electron chi connectivity index (χ3n) is 3.80. The van der Waals surface area contributed by atoms with Crippen LogP contribution in [0.3, 0.4) is 0 Å². The number of ketones is 1. The smallest absolute Gasteiger partial charge is 0.170 e. The lowest BCUT2D eigenvalue weighted by Crippen LogP contribution is -2.34. The molecule has 20 heavy (non-hydrogen) atoms. The van der Waals surface area contributed by atoms with Gasteiger partial charge in [-0.15, -0.1) is 0 Å². The molecule has 0 amide bonds. The normalized spacial score (nSPS) is 18.9. The zero-order chi connectivity index (χ0) is 14.5. The molecule has 0 spiro atoms. The molecule has 0 bridgehead atoms. The fraction of sp³-hybridized carbons (Fsp3) is 0.588. The first-order chi connectivity index (χ1) is 9.63. The number of piperidine rings is 1. The Labute approximate surface area is 121 Å². The third kappa shape index (κ3) is 3.40. The van der Waals surface area contributed by atoms with E-state index in [-0.39, 0.29) is 11.7 Å². The molecule has 3 nitrogen and oxygen atoms in total. The molecule has 110 valence electrons. The number of aryl methyl sites for hydroxylation is 2. The molecule has 1 aromatic rings. The van der Waals surface area contributed by atoms with Crippen LogP contribution in [0.15, 0.2) is 12.1 Å². The first-order valence-electron chi connectivity index (χ1n) is 7.62. The quantitative estimate of drug-likeness (QED) is 0.838. The maximum Gasteiger partial charge on any atom is 0.170 e. The molecule has 1 aliphatic rings. The predicted octanol–water partition coefficient (Wildman–Crippen LogP) is 3.27. The van der Waals surface area contributed by atoms with Crippen molar-refractivity contribution in [1.82, 2.24) is 5.32 Å². The first kappa shape index (κ1) is 15.0. The van der Waals surface area contributed by atoms with E-state index in [1.165, 1.54) is 0 Å². The number of hydrogen-bond donors (Lipinski definition) is 1. The summed E-state index contributed by atoms with van der Waals surface area (Å²) in [6, 6.07) is 4.07. The Kier molecular flexibility index (Phi) is 5.18. The number of nitrogens with one attached hydrogen (secondary N) is 1. The van der Waals surface area contributed by atoms with Gasteiger partial charge in [0.05, 0.1) is 12.2 Å². The Bertz CT molecular complexity index is 476. The van der Waals surface area contributed by atoms with Gasteiger partial charge in [-0.05, 0) is 56.8 Å². The highest BCUT2D eigenvalue weighted by atomic mass is 16.5. The largest absolute Gasteiger partial charge is 0.493 e. The van der Waals surface area contributed by atoms with Crippen LogP contribution in [-0.2, 0) is 0 Å². The van der Waals surface area contributed by atoms with E-state index in [2.05, 4.69) is 18.3 Å². The Hall–Kier alpha value is -1.35. The van der Waals surface area contributed by atoms with E-state index in [1.54, 1.807) is 0 Å². The van der Waals surface area contributed by atoms with Gasteiger partial charge in [0.15, 0.2) is 5.78 Å². The third-order valence-corrected chi connectivity index (χ3v) is 3.80. The fourth-order valence-electron chi connectivity index (χ4n) is 2.83. The summed E-state index contributed by atoms with van der Waals surface area (Å²) in [5.41, 5.74) is 2.95. The van der Waals surface area contributed by atoms with Crippen LogP contribution < -0.4 is 10.1 Å². The van der Waals surface area contributed by atoms with Crippen molar-refractivity contribution >= 4 is 5.78 Å². The van der Waals surface area contributed by atoms with E-state index in [9.17, 15) is 4.79 Å². The summed E-state index contributed by atoms with van der Waals surface area (Å²) in [4.78, 5) is 12.8. The van der Waals surface area contributed by atoms with Crippen molar-refractivity contribution in [3.63, 3.8) is 0 Å². The second-order valence-electron chi connectivity index (χ2n) is 5.71. The zero-order valence-corrected chi connectivity index (χ0v) is 12.8. The monoisotopic (exact) mass is 275 g/mol. The highest BCUT2D eigenvalue weighted by Crippen LogP contribution is 2.29. The summed E-state index contributed by atoms with van der Waals surface area (Å²) in [6.45, 7) is 8.61. The molecule has 1 atom stereocenters. The van der Waals surface area contributed by atoms with Crippen LogP contribution in [0.4, 0.5) is 0 Å². The Morgan fingerprint density at radius 1 is 1.40 bits per heavy atom. The zero-order valence-electron chi connectivity index (χ0n) is 12.8. The van der Waals surface area contributed by atoms with Gasteiger partial charge in [0.2, 0.25) is 0 Å². The summed E-state index contributed by atoms with van der Waals surface area (Å²) in [5, 5.41) is 3.32. The maximum absolute atomic E-state index is 12.8. The standard InChI is InChI=1S/C17H25NO2/c1-4-8-20-17-13(3)9-12(2)10-15(17)16(19)14-6-5-7-18-11-14/h9-10,14,18H,4-8,11H2,1-3H3. The molecule has 0 aromatic heterocycles. The van der Waals surface area contributed by atoms with Crippen LogP contribution in [0, 0.1) is 19.8 Å². The molecule has 1 N–H and O–H groups in total. The van der Waals surface area contributed by atoms with Gasteiger partial charge in [-0.1, -0.05) is 13.0 Å². The average molecular weight is 275 g/mol. The highest BCUT2D eigenvalue weighted by Gasteiger charge is 2.25. The maximum atomic E-state index is 12.8. The van der Waals surface area contributed by atoms with E-state index in [1.807, 2.05) is 19.9 Å². The van der Waals surface area contributed by atoms with Gasteiger partial charge in [-0.25, -0.2) is 0 Å². The van der Waals surface area contributed by atoms with Crippen LogP contribution in [0.25, 0.3) is 0 Å². The lowest BCUT2D eigenvalue weighted by Gasteiger charge is -2.23. The summed E-state index contributed by atoms with van der Waals surface area (Å²) in [5.74, 6) is 1.11. The topological polar surface area (TPSA) is 38.3 Å². The molecule has 0 saturated carbocycles. The second kappa shape index (κ2) is 6.89. The second-order valence-corrected chi connectivity index (χ2v) is 5.71. The van der Waals surface area contributed by atoms with E-state index < -0.39 is 0 Å². The van der Waals surface area contributed by atoms with Crippen molar-refractivity contribution in [3.8, 4) is 5.75 Å². The predicted molar refractivity (Wildman–Crippen MR) is 81.6 cm³/mol. The lowest BCUT2D eigenvalue weighted by atomic mass is 9.89. The van der Waals surface area contributed by atoms with Crippen molar-refractivity contribution < 1.29 is 9.53 Å². The molecule has 1 saturated heterocycles. The van der Waals surface area contributed by atoms with Gasteiger partial charge in [0.25, 0.3) is 0 Å². The molecule has 1 unspecified atom stereocenters. The molecule has 1 fully saturated rings. The molecule has 1 aliphatic heterocycles. The number of ether oxygens (including phenoxy) is 1. The Balaban J connectivity index is 2.30. The van der Waals surface area contributed by atoms with Gasteiger partial charge in [-0.2, -0.15) is 0 Å². The number of rotatable bonds is 5. The SMILES string of the molecule is CCCOc1c(C)cc(C)cc1C(=O)C1CCCNC1. The summed E-state index contributed by atoms with van der Waals surface area (Å²) in [6.07, 6.45) is 3.00.